The van der Waals surface area contributed by atoms with E-state index in [1.807, 2.05) is 45.0 Å². The molecule has 3 rings (SSSR count). The van der Waals surface area contributed by atoms with Crippen LogP contribution in [0.2, 0.25) is 0 Å². The molecule has 8 heteroatoms. The topological polar surface area (TPSA) is 79.9 Å². The number of thioether (sulfide) groups is 1. The number of alkyl carbamates (subject to hydrolysis) is 1. The Morgan fingerprint density at radius 2 is 1.79 bits per heavy atom. The van der Waals surface area contributed by atoms with E-state index in [4.69, 9.17) is 9.47 Å². The Morgan fingerprint density at radius 1 is 1.12 bits per heavy atom. The summed E-state index contributed by atoms with van der Waals surface area (Å²) in [4.78, 5) is 27.8. The van der Waals surface area contributed by atoms with Crippen LogP contribution in [-0.4, -0.2) is 66.4 Å². The van der Waals surface area contributed by atoms with E-state index in [0.29, 0.717) is 11.7 Å². The molecule has 0 aromatic heterocycles. The van der Waals surface area contributed by atoms with E-state index in [-0.39, 0.29) is 5.91 Å². The number of carbonyl (C=O) groups is 2. The Morgan fingerprint density at radius 3 is 2.44 bits per heavy atom. The van der Waals surface area contributed by atoms with E-state index in [9.17, 15) is 9.59 Å². The summed E-state index contributed by atoms with van der Waals surface area (Å²) in [5.41, 5.74) is 1.31. The molecule has 0 radical (unpaired) electrons. The summed E-state index contributed by atoms with van der Waals surface area (Å²) in [6.07, 6.45) is 5.89. The van der Waals surface area contributed by atoms with Crippen LogP contribution in [0, 0.1) is 5.92 Å². The van der Waals surface area contributed by atoms with Crippen LogP contribution >= 0.6 is 11.8 Å². The van der Waals surface area contributed by atoms with Crippen LogP contribution in [0.15, 0.2) is 24.3 Å². The summed E-state index contributed by atoms with van der Waals surface area (Å²) in [7, 11) is 0. The molecule has 2 aliphatic rings. The molecule has 1 aliphatic carbocycles. The van der Waals surface area contributed by atoms with Crippen molar-refractivity contribution in [1.29, 1.82) is 0 Å². The lowest BCUT2D eigenvalue weighted by atomic mass is 9.91. The lowest BCUT2D eigenvalue weighted by Crippen LogP contribution is -2.47. The molecule has 0 spiro atoms. The van der Waals surface area contributed by atoms with Crippen LogP contribution in [0.25, 0.3) is 0 Å². The molecule has 0 bridgehead atoms. The van der Waals surface area contributed by atoms with Crippen molar-refractivity contribution in [3.63, 3.8) is 0 Å². The molecule has 2 amide bonds. The lowest BCUT2D eigenvalue weighted by molar-refractivity contribution is -0.117. The van der Waals surface area contributed by atoms with E-state index in [1.165, 1.54) is 37.7 Å². The van der Waals surface area contributed by atoms with E-state index in [2.05, 4.69) is 15.5 Å². The highest BCUT2D eigenvalue weighted by Gasteiger charge is 2.25. The molecule has 2 fully saturated rings. The normalized spacial score (nSPS) is 18.8. The van der Waals surface area contributed by atoms with Crippen molar-refractivity contribution < 1.29 is 19.1 Å². The first-order valence-electron chi connectivity index (χ1n) is 12.6. The largest absolute Gasteiger partial charge is 0.444 e. The highest BCUT2D eigenvalue weighted by molar-refractivity contribution is 7.99. The molecule has 1 heterocycles. The fourth-order valence-electron chi connectivity index (χ4n) is 4.28. The summed E-state index contributed by atoms with van der Waals surface area (Å²) < 4.78 is 10.8. The Bertz CT molecular complexity index is 769. The van der Waals surface area contributed by atoms with Crippen molar-refractivity contribution in [1.82, 2.24) is 10.2 Å². The molecule has 1 aromatic carbocycles. The van der Waals surface area contributed by atoms with Crippen molar-refractivity contribution in [3.8, 4) is 0 Å². The second kappa shape index (κ2) is 13.4. The van der Waals surface area contributed by atoms with Crippen molar-refractivity contribution in [2.24, 2.45) is 5.92 Å². The highest BCUT2D eigenvalue weighted by atomic mass is 32.2. The van der Waals surface area contributed by atoms with Crippen LogP contribution in [0.3, 0.4) is 0 Å². The molecular formula is C26H41N3O4S. The zero-order valence-corrected chi connectivity index (χ0v) is 21.8. The van der Waals surface area contributed by atoms with Crippen molar-refractivity contribution in [3.05, 3.63) is 29.8 Å². The maximum atomic E-state index is 13.1. The zero-order chi connectivity index (χ0) is 24.4. The summed E-state index contributed by atoms with van der Waals surface area (Å²) in [6.45, 7) is 9.76. The molecule has 1 atom stereocenters. The van der Waals surface area contributed by atoms with E-state index >= 15 is 0 Å². The van der Waals surface area contributed by atoms with Crippen molar-refractivity contribution in [2.75, 3.05) is 43.1 Å². The van der Waals surface area contributed by atoms with Gasteiger partial charge in [0.2, 0.25) is 5.91 Å². The SMILES string of the molecule is CC(C)(C)OC(=O)NC(CSCC1CCCCC1)C(=O)Nc1ccc(CN2CCOCC2)cc1. The van der Waals surface area contributed by atoms with Crippen LogP contribution < -0.4 is 10.6 Å². The number of morpholine rings is 1. The first-order chi connectivity index (χ1) is 16.3. The number of carbonyl (C=O) groups excluding carboxylic acids is 2. The van der Waals surface area contributed by atoms with Gasteiger partial charge in [0.15, 0.2) is 0 Å². The number of hydrogen-bond acceptors (Lipinski definition) is 6. The Balaban J connectivity index is 1.54. The fourth-order valence-corrected chi connectivity index (χ4v) is 5.55. The first kappa shape index (κ1) is 26.8. The highest BCUT2D eigenvalue weighted by Crippen LogP contribution is 2.27. The maximum Gasteiger partial charge on any atom is 0.408 e. The smallest absolute Gasteiger partial charge is 0.408 e. The molecule has 7 nitrogen and oxygen atoms in total. The van der Waals surface area contributed by atoms with Gasteiger partial charge in [0.25, 0.3) is 0 Å². The molecule has 1 saturated heterocycles. The quantitative estimate of drug-likeness (QED) is 0.523. The number of ether oxygens (including phenoxy) is 2. The molecule has 190 valence electrons. The van der Waals surface area contributed by atoms with Gasteiger partial charge in [-0.1, -0.05) is 31.4 Å². The fraction of sp³-hybridized carbons (Fsp3) is 0.692. The number of benzene rings is 1. The standard InChI is InChI=1S/C26H41N3O4S/c1-26(2,3)33-25(31)28-23(19-34-18-21-7-5-4-6-8-21)24(30)27-22-11-9-20(10-12-22)17-29-13-15-32-16-14-29/h9-12,21,23H,4-8,13-19H2,1-3H3,(H,27,30)(H,28,31). The van der Waals surface area contributed by atoms with Gasteiger partial charge in [0, 0.05) is 31.1 Å². The predicted octanol–water partition coefficient (Wildman–Crippen LogP) is 4.66. The van der Waals surface area contributed by atoms with Crippen LogP contribution in [-0.2, 0) is 20.8 Å². The van der Waals surface area contributed by atoms with Gasteiger partial charge in [-0.2, -0.15) is 11.8 Å². The van der Waals surface area contributed by atoms with Gasteiger partial charge in [0.05, 0.1) is 13.2 Å². The maximum absolute atomic E-state index is 13.1. The number of hydrogen-bond donors (Lipinski definition) is 2. The van der Waals surface area contributed by atoms with Gasteiger partial charge in [0.1, 0.15) is 11.6 Å². The second-order valence-electron chi connectivity index (χ2n) is 10.3. The number of anilines is 1. The van der Waals surface area contributed by atoms with E-state index in [0.717, 1.165) is 44.3 Å². The molecule has 34 heavy (non-hydrogen) atoms. The minimum Gasteiger partial charge on any atom is -0.444 e. The van der Waals surface area contributed by atoms with Crippen molar-refractivity contribution >= 4 is 29.4 Å². The monoisotopic (exact) mass is 491 g/mol. The third kappa shape index (κ3) is 9.84. The number of nitrogens with one attached hydrogen (secondary N) is 2. The summed E-state index contributed by atoms with van der Waals surface area (Å²) in [5, 5.41) is 5.76. The molecule has 1 unspecified atom stereocenters. The van der Waals surface area contributed by atoms with E-state index < -0.39 is 17.7 Å². The predicted molar refractivity (Wildman–Crippen MR) is 138 cm³/mol. The van der Waals surface area contributed by atoms with Crippen LogP contribution in [0.5, 0.6) is 0 Å². The molecular weight excluding hydrogens is 450 g/mol. The summed E-state index contributed by atoms with van der Waals surface area (Å²) in [6, 6.07) is 7.27. The average molecular weight is 492 g/mol. The first-order valence-corrected chi connectivity index (χ1v) is 13.7. The summed E-state index contributed by atoms with van der Waals surface area (Å²) >= 11 is 1.74. The third-order valence-electron chi connectivity index (χ3n) is 6.10. The Kier molecular flexibility index (Phi) is 10.5. The lowest BCUT2D eigenvalue weighted by Gasteiger charge is -2.26. The molecule has 2 N–H and O–H groups in total. The van der Waals surface area contributed by atoms with Crippen LogP contribution in [0.4, 0.5) is 10.5 Å². The molecule has 1 aliphatic heterocycles. The second-order valence-corrected chi connectivity index (χ2v) is 11.4. The van der Waals surface area contributed by atoms with Gasteiger partial charge < -0.3 is 20.1 Å². The number of nitrogens with zero attached hydrogens (tertiary/aromatic N) is 1. The molecule has 1 aromatic rings. The minimum absolute atomic E-state index is 0.220. The van der Waals surface area contributed by atoms with Crippen molar-refractivity contribution in [2.45, 2.75) is 71.1 Å². The Hall–Kier alpha value is -1.77. The third-order valence-corrected chi connectivity index (χ3v) is 7.38. The Labute approximate surface area is 208 Å². The van der Waals surface area contributed by atoms with Crippen LogP contribution in [0.1, 0.15) is 58.4 Å². The van der Waals surface area contributed by atoms with Gasteiger partial charge >= 0.3 is 6.09 Å². The average Bonchev–Trinajstić information content (AvgIpc) is 2.80. The van der Waals surface area contributed by atoms with Gasteiger partial charge in [-0.05, 0) is 63.0 Å². The van der Waals surface area contributed by atoms with E-state index in [1.54, 1.807) is 11.8 Å². The summed E-state index contributed by atoms with van der Waals surface area (Å²) in [5.74, 6) is 2.04. The number of amides is 2. The van der Waals surface area contributed by atoms with Gasteiger partial charge in [-0.3, -0.25) is 9.69 Å². The molecule has 1 saturated carbocycles. The zero-order valence-electron chi connectivity index (χ0n) is 20.9. The number of rotatable bonds is 9. The van der Waals surface area contributed by atoms with Gasteiger partial charge in [-0.25, -0.2) is 4.79 Å². The minimum atomic E-state index is -0.656. The van der Waals surface area contributed by atoms with Gasteiger partial charge in [-0.15, -0.1) is 0 Å².